The quantitative estimate of drug-likeness (QED) is 0.691. The molecule has 0 aliphatic rings. The Morgan fingerprint density at radius 1 is 1.05 bits per heavy atom. The van der Waals surface area contributed by atoms with E-state index in [-0.39, 0.29) is 5.41 Å². The number of rotatable bonds is 5. The zero-order valence-electron chi connectivity index (χ0n) is 12.8. The predicted molar refractivity (Wildman–Crippen MR) is 88.1 cm³/mol. The van der Waals surface area contributed by atoms with Crippen molar-refractivity contribution in [2.24, 2.45) is 0 Å². The Bertz CT molecular complexity index is 646. The molecule has 21 heavy (non-hydrogen) atoms. The van der Waals surface area contributed by atoms with Gasteiger partial charge in [0, 0.05) is 11.0 Å². The monoisotopic (exact) mass is 275 g/mol. The normalized spacial score (nSPS) is 13.2. The average molecular weight is 275 g/mol. The second kappa shape index (κ2) is 6.41. The third-order valence-electron chi connectivity index (χ3n) is 4.18. The largest absolute Gasteiger partial charge is 0.193 e. The summed E-state index contributed by atoms with van der Waals surface area (Å²) in [6.07, 6.45) is 1.60. The molecule has 0 fully saturated rings. The van der Waals surface area contributed by atoms with Crippen LogP contribution >= 0.6 is 0 Å². The average Bonchev–Trinajstić information content (AvgIpc) is 2.53. The molecule has 106 valence electrons. The van der Waals surface area contributed by atoms with E-state index in [1.165, 1.54) is 16.7 Å². The Balaban J connectivity index is 2.41. The van der Waals surface area contributed by atoms with Crippen LogP contribution < -0.4 is 0 Å². The maximum Gasteiger partial charge on any atom is 0.0940 e. The molecule has 2 aromatic carbocycles. The summed E-state index contributed by atoms with van der Waals surface area (Å²) in [7, 11) is 0. The molecule has 2 aromatic rings. The first-order valence-electron chi connectivity index (χ1n) is 7.27. The SMILES string of the molecule is C=C(C#N)CCC(C)(c1ccccc1)c1ccc(C)cc1. The van der Waals surface area contributed by atoms with Crippen LogP contribution in [0.2, 0.25) is 0 Å². The van der Waals surface area contributed by atoms with Gasteiger partial charge in [-0.05, 0) is 30.9 Å². The summed E-state index contributed by atoms with van der Waals surface area (Å²) >= 11 is 0. The van der Waals surface area contributed by atoms with Crippen molar-refractivity contribution in [3.63, 3.8) is 0 Å². The van der Waals surface area contributed by atoms with Crippen molar-refractivity contribution in [1.29, 1.82) is 5.26 Å². The fourth-order valence-electron chi connectivity index (χ4n) is 2.64. The molecule has 2 rings (SSSR count). The van der Waals surface area contributed by atoms with Gasteiger partial charge in [-0.1, -0.05) is 73.7 Å². The molecule has 0 amide bonds. The van der Waals surface area contributed by atoms with Crippen LogP contribution in [-0.2, 0) is 5.41 Å². The van der Waals surface area contributed by atoms with Gasteiger partial charge in [0.2, 0.25) is 0 Å². The fraction of sp³-hybridized carbons (Fsp3) is 0.250. The topological polar surface area (TPSA) is 23.8 Å². The lowest BCUT2D eigenvalue weighted by atomic mass is 9.72. The molecule has 0 radical (unpaired) electrons. The van der Waals surface area contributed by atoms with Crippen LogP contribution in [0.4, 0.5) is 0 Å². The minimum absolute atomic E-state index is 0.102. The van der Waals surface area contributed by atoms with E-state index in [0.717, 1.165) is 12.8 Å². The Hall–Kier alpha value is -2.33. The van der Waals surface area contributed by atoms with Crippen molar-refractivity contribution in [1.82, 2.24) is 0 Å². The van der Waals surface area contributed by atoms with E-state index in [9.17, 15) is 0 Å². The zero-order chi connectivity index (χ0) is 15.3. The lowest BCUT2D eigenvalue weighted by Crippen LogP contribution is -2.23. The van der Waals surface area contributed by atoms with Crippen LogP contribution in [0.1, 0.15) is 36.5 Å². The smallest absolute Gasteiger partial charge is 0.0940 e. The van der Waals surface area contributed by atoms with Crippen molar-refractivity contribution in [2.75, 3.05) is 0 Å². The van der Waals surface area contributed by atoms with E-state index in [4.69, 9.17) is 5.26 Å². The number of hydrogen-bond donors (Lipinski definition) is 0. The highest BCUT2D eigenvalue weighted by Crippen LogP contribution is 2.37. The van der Waals surface area contributed by atoms with E-state index in [1.807, 2.05) is 6.07 Å². The molecule has 0 heterocycles. The van der Waals surface area contributed by atoms with Gasteiger partial charge in [-0.25, -0.2) is 0 Å². The molecular formula is C20H21N. The molecule has 0 aromatic heterocycles. The van der Waals surface area contributed by atoms with Gasteiger partial charge < -0.3 is 0 Å². The lowest BCUT2D eigenvalue weighted by molar-refractivity contribution is 0.521. The fourth-order valence-corrected chi connectivity index (χ4v) is 2.64. The van der Waals surface area contributed by atoms with E-state index in [2.05, 4.69) is 75.0 Å². The molecule has 0 saturated heterocycles. The van der Waals surface area contributed by atoms with Crippen molar-refractivity contribution in [3.8, 4) is 6.07 Å². The molecule has 0 bridgehead atoms. The number of hydrogen-bond acceptors (Lipinski definition) is 1. The van der Waals surface area contributed by atoms with E-state index >= 15 is 0 Å². The molecule has 0 N–H and O–H groups in total. The first-order chi connectivity index (χ1) is 10.1. The molecule has 1 nitrogen and oxygen atoms in total. The summed E-state index contributed by atoms with van der Waals surface area (Å²) in [6, 6.07) is 21.3. The van der Waals surface area contributed by atoms with Crippen LogP contribution in [-0.4, -0.2) is 0 Å². The van der Waals surface area contributed by atoms with Gasteiger partial charge in [0.1, 0.15) is 0 Å². The predicted octanol–water partition coefficient (Wildman–Crippen LogP) is 5.16. The van der Waals surface area contributed by atoms with Gasteiger partial charge >= 0.3 is 0 Å². The van der Waals surface area contributed by atoms with Crippen LogP contribution in [0.15, 0.2) is 66.7 Å². The van der Waals surface area contributed by atoms with Crippen LogP contribution in [0.3, 0.4) is 0 Å². The zero-order valence-corrected chi connectivity index (χ0v) is 12.8. The van der Waals surface area contributed by atoms with Crippen molar-refractivity contribution >= 4 is 0 Å². The van der Waals surface area contributed by atoms with E-state index < -0.39 is 0 Å². The van der Waals surface area contributed by atoms with Gasteiger partial charge in [0.25, 0.3) is 0 Å². The highest BCUT2D eigenvalue weighted by Gasteiger charge is 2.28. The van der Waals surface area contributed by atoms with Crippen LogP contribution in [0.25, 0.3) is 0 Å². The third-order valence-corrected chi connectivity index (χ3v) is 4.18. The number of nitriles is 1. The molecular weight excluding hydrogens is 254 g/mol. The Morgan fingerprint density at radius 3 is 2.19 bits per heavy atom. The molecule has 0 aliphatic heterocycles. The summed E-state index contributed by atoms with van der Waals surface area (Å²) in [5.74, 6) is 0. The molecule has 0 spiro atoms. The second-order valence-electron chi connectivity index (χ2n) is 5.78. The second-order valence-corrected chi connectivity index (χ2v) is 5.78. The van der Waals surface area contributed by atoms with Gasteiger partial charge in [-0.2, -0.15) is 5.26 Å². The van der Waals surface area contributed by atoms with Crippen molar-refractivity contribution in [2.45, 2.75) is 32.1 Å². The van der Waals surface area contributed by atoms with Gasteiger partial charge in [0.15, 0.2) is 0 Å². The molecule has 0 aliphatic carbocycles. The summed E-state index contributed by atoms with van der Waals surface area (Å²) < 4.78 is 0. The number of benzene rings is 2. The minimum Gasteiger partial charge on any atom is -0.193 e. The maximum atomic E-state index is 8.96. The molecule has 0 saturated carbocycles. The highest BCUT2D eigenvalue weighted by atomic mass is 14.3. The highest BCUT2D eigenvalue weighted by molar-refractivity contribution is 5.39. The van der Waals surface area contributed by atoms with E-state index in [0.29, 0.717) is 5.57 Å². The molecule has 1 heteroatoms. The van der Waals surface area contributed by atoms with Crippen LogP contribution in [0, 0.1) is 18.3 Å². The Labute approximate surface area is 127 Å². The molecule has 1 atom stereocenters. The van der Waals surface area contributed by atoms with Gasteiger partial charge in [-0.3, -0.25) is 0 Å². The van der Waals surface area contributed by atoms with Crippen LogP contribution in [0.5, 0.6) is 0 Å². The van der Waals surface area contributed by atoms with Gasteiger partial charge in [0.05, 0.1) is 6.07 Å². The number of allylic oxidation sites excluding steroid dienone is 1. The first-order valence-corrected chi connectivity index (χ1v) is 7.27. The maximum absolute atomic E-state index is 8.96. The minimum atomic E-state index is -0.102. The Kier molecular flexibility index (Phi) is 4.60. The van der Waals surface area contributed by atoms with Gasteiger partial charge in [-0.15, -0.1) is 0 Å². The molecule has 1 unspecified atom stereocenters. The summed E-state index contributed by atoms with van der Waals surface area (Å²) in [6.45, 7) is 8.16. The first kappa shape index (κ1) is 15.1. The summed E-state index contributed by atoms with van der Waals surface area (Å²) in [5.41, 5.74) is 4.36. The van der Waals surface area contributed by atoms with Crippen molar-refractivity contribution in [3.05, 3.63) is 83.4 Å². The number of nitrogens with zero attached hydrogens (tertiary/aromatic N) is 1. The lowest BCUT2D eigenvalue weighted by Gasteiger charge is -2.31. The summed E-state index contributed by atoms with van der Waals surface area (Å²) in [5, 5.41) is 8.96. The standard InChI is InChI=1S/C20H21N/c1-16-9-11-19(12-10-16)20(3,14-13-17(2)15-21)18-7-5-4-6-8-18/h4-12H,2,13-14H2,1,3H3. The Morgan fingerprint density at radius 2 is 1.62 bits per heavy atom. The third kappa shape index (κ3) is 3.41. The van der Waals surface area contributed by atoms with Crippen molar-refractivity contribution < 1.29 is 0 Å². The van der Waals surface area contributed by atoms with E-state index in [1.54, 1.807) is 0 Å². The summed E-state index contributed by atoms with van der Waals surface area (Å²) in [4.78, 5) is 0. The number of aryl methyl sites for hydroxylation is 1.